The topological polar surface area (TPSA) is 49.0 Å². The summed E-state index contributed by atoms with van der Waals surface area (Å²) in [5, 5.41) is 3.62. The first-order valence-electron chi connectivity index (χ1n) is 7.97. The van der Waals surface area contributed by atoms with Crippen molar-refractivity contribution >= 4 is 0 Å². The molecule has 0 aromatic heterocycles. The van der Waals surface area contributed by atoms with Gasteiger partial charge >= 0.3 is 0 Å². The Hall–Kier alpha value is -1.30. The molecule has 22 heavy (non-hydrogen) atoms. The van der Waals surface area contributed by atoms with Gasteiger partial charge < -0.3 is 24.3 Å². The Balaban J connectivity index is 1.55. The maximum Gasteiger partial charge on any atom is 0.168 e. The molecule has 2 aliphatic rings. The summed E-state index contributed by atoms with van der Waals surface area (Å²) in [5.41, 5.74) is 1.12. The van der Waals surface area contributed by atoms with Gasteiger partial charge in [0.15, 0.2) is 17.3 Å². The fourth-order valence-electron chi connectivity index (χ4n) is 3.39. The van der Waals surface area contributed by atoms with E-state index in [2.05, 4.69) is 11.4 Å². The molecular weight excluding hydrogens is 282 g/mol. The molecule has 0 bridgehead atoms. The second-order valence-corrected chi connectivity index (χ2v) is 5.92. The van der Waals surface area contributed by atoms with Gasteiger partial charge in [0.05, 0.1) is 27.4 Å². The highest BCUT2D eigenvalue weighted by molar-refractivity contribution is 5.46. The van der Waals surface area contributed by atoms with E-state index in [1.165, 1.54) is 0 Å². The molecule has 5 heteroatoms. The van der Waals surface area contributed by atoms with E-state index in [0.29, 0.717) is 6.04 Å². The van der Waals surface area contributed by atoms with Gasteiger partial charge in [0.1, 0.15) is 0 Å². The molecule has 122 valence electrons. The lowest BCUT2D eigenvalue weighted by Crippen LogP contribution is -2.41. The highest BCUT2D eigenvalue weighted by Crippen LogP contribution is 2.36. The number of para-hydroxylation sites is 1. The van der Waals surface area contributed by atoms with Crippen molar-refractivity contribution in [2.24, 2.45) is 0 Å². The number of benzene rings is 1. The SMILES string of the molecule is COc1cccc(CNC2CCC3(CC2)OCCO3)c1OC. The minimum absolute atomic E-state index is 0.286. The Morgan fingerprint density at radius 1 is 1.14 bits per heavy atom. The van der Waals surface area contributed by atoms with E-state index in [0.717, 1.165) is 62.5 Å². The number of ether oxygens (including phenoxy) is 4. The van der Waals surface area contributed by atoms with E-state index >= 15 is 0 Å². The Kier molecular flexibility index (Phi) is 4.86. The lowest BCUT2D eigenvalue weighted by Gasteiger charge is -2.35. The van der Waals surface area contributed by atoms with Crippen molar-refractivity contribution in [3.05, 3.63) is 23.8 Å². The standard InChI is InChI=1S/C17H25NO4/c1-19-15-5-3-4-13(16(15)20-2)12-18-14-6-8-17(9-7-14)21-10-11-22-17/h3-5,14,18H,6-12H2,1-2H3. The summed E-state index contributed by atoms with van der Waals surface area (Å²) in [7, 11) is 3.34. The predicted molar refractivity (Wildman–Crippen MR) is 83.3 cm³/mol. The van der Waals surface area contributed by atoms with Crippen molar-refractivity contribution in [2.45, 2.75) is 44.1 Å². The van der Waals surface area contributed by atoms with Gasteiger partial charge in [-0.2, -0.15) is 0 Å². The minimum Gasteiger partial charge on any atom is -0.493 e. The summed E-state index contributed by atoms with van der Waals surface area (Å²) < 4.78 is 22.4. The first-order chi connectivity index (χ1) is 10.8. The van der Waals surface area contributed by atoms with Crippen LogP contribution in [0.5, 0.6) is 11.5 Å². The third kappa shape index (κ3) is 3.21. The summed E-state index contributed by atoms with van der Waals surface area (Å²) in [6.45, 7) is 2.25. The number of hydrogen-bond donors (Lipinski definition) is 1. The zero-order chi connectivity index (χ0) is 15.4. The molecule has 1 spiro atoms. The van der Waals surface area contributed by atoms with Crippen molar-refractivity contribution in [2.75, 3.05) is 27.4 Å². The maximum absolute atomic E-state index is 5.77. The normalized spacial score (nSPS) is 21.2. The second-order valence-electron chi connectivity index (χ2n) is 5.92. The Labute approximate surface area is 131 Å². The third-order valence-electron chi connectivity index (χ3n) is 4.63. The molecule has 1 aliphatic heterocycles. The Morgan fingerprint density at radius 2 is 1.86 bits per heavy atom. The van der Waals surface area contributed by atoms with E-state index in [1.54, 1.807) is 14.2 Å². The molecule has 3 rings (SSSR count). The average Bonchev–Trinajstić information content (AvgIpc) is 3.02. The van der Waals surface area contributed by atoms with Crippen LogP contribution in [-0.4, -0.2) is 39.3 Å². The van der Waals surface area contributed by atoms with Crippen LogP contribution >= 0.6 is 0 Å². The highest BCUT2D eigenvalue weighted by atomic mass is 16.7. The van der Waals surface area contributed by atoms with Crippen molar-refractivity contribution < 1.29 is 18.9 Å². The van der Waals surface area contributed by atoms with E-state index in [4.69, 9.17) is 18.9 Å². The van der Waals surface area contributed by atoms with Gasteiger partial charge in [0.25, 0.3) is 0 Å². The molecule has 1 aromatic rings. The average molecular weight is 307 g/mol. The van der Waals surface area contributed by atoms with E-state index < -0.39 is 0 Å². The molecule has 1 aliphatic carbocycles. The first-order valence-corrected chi connectivity index (χ1v) is 7.97. The summed E-state index contributed by atoms with van der Waals surface area (Å²) in [6, 6.07) is 6.48. The monoisotopic (exact) mass is 307 g/mol. The van der Waals surface area contributed by atoms with Gasteiger partial charge in [-0.15, -0.1) is 0 Å². The van der Waals surface area contributed by atoms with Gasteiger partial charge in [-0.1, -0.05) is 12.1 Å². The third-order valence-corrected chi connectivity index (χ3v) is 4.63. The van der Waals surface area contributed by atoms with Crippen LogP contribution in [0.15, 0.2) is 18.2 Å². The van der Waals surface area contributed by atoms with E-state index in [9.17, 15) is 0 Å². The predicted octanol–water partition coefficient (Wildman–Crippen LogP) is 2.48. The molecule has 1 saturated carbocycles. The molecule has 2 fully saturated rings. The molecule has 0 amide bonds. The molecule has 5 nitrogen and oxygen atoms in total. The fourth-order valence-corrected chi connectivity index (χ4v) is 3.39. The molecular formula is C17H25NO4. The zero-order valence-corrected chi connectivity index (χ0v) is 13.4. The van der Waals surface area contributed by atoms with Gasteiger partial charge in [-0.05, 0) is 18.9 Å². The number of nitrogens with one attached hydrogen (secondary N) is 1. The number of methoxy groups -OCH3 is 2. The Bertz CT molecular complexity index is 489. The smallest absolute Gasteiger partial charge is 0.168 e. The number of hydrogen-bond acceptors (Lipinski definition) is 5. The van der Waals surface area contributed by atoms with Crippen LogP contribution in [0.2, 0.25) is 0 Å². The van der Waals surface area contributed by atoms with Crippen LogP contribution in [0.4, 0.5) is 0 Å². The fraction of sp³-hybridized carbons (Fsp3) is 0.647. The highest BCUT2D eigenvalue weighted by Gasteiger charge is 2.40. The van der Waals surface area contributed by atoms with E-state index in [-0.39, 0.29) is 5.79 Å². The molecule has 1 N–H and O–H groups in total. The van der Waals surface area contributed by atoms with Gasteiger partial charge in [0.2, 0.25) is 0 Å². The van der Waals surface area contributed by atoms with Crippen LogP contribution in [0.3, 0.4) is 0 Å². The lowest BCUT2D eigenvalue weighted by atomic mass is 9.90. The molecule has 1 saturated heterocycles. The number of rotatable bonds is 5. The van der Waals surface area contributed by atoms with Crippen LogP contribution < -0.4 is 14.8 Å². The van der Waals surface area contributed by atoms with Crippen molar-refractivity contribution in [3.8, 4) is 11.5 Å². The van der Waals surface area contributed by atoms with Crippen LogP contribution in [-0.2, 0) is 16.0 Å². The molecule has 1 aromatic carbocycles. The maximum atomic E-state index is 5.77. The van der Waals surface area contributed by atoms with Crippen molar-refractivity contribution in [3.63, 3.8) is 0 Å². The second kappa shape index (κ2) is 6.86. The summed E-state index contributed by atoms with van der Waals surface area (Å²) in [5.74, 6) is 1.30. The summed E-state index contributed by atoms with van der Waals surface area (Å²) in [4.78, 5) is 0. The van der Waals surface area contributed by atoms with Crippen LogP contribution in [0, 0.1) is 0 Å². The first kappa shape index (κ1) is 15.6. The summed E-state index contributed by atoms with van der Waals surface area (Å²) >= 11 is 0. The Morgan fingerprint density at radius 3 is 2.50 bits per heavy atom. The zero-order valence-electron chi connectivity index (χ0n) is 13.4. The quantitative estimate of drug-likeness (QED) is 0.905. The van der Waals surface area contributed by atoms with Gasteiger partial charge in [0, 0.05) is 31.0 Å². The van der Waals surface area contributed by atoms with E-state index in [1.807, 2.05) is 12.1 Å². The largest absolute Gasteiger partial charge is 0.493 e. The minimum atomic E-state index is -0.286. The van der Waals surface area contributed by atoms with Crippen molar-refractivity contribution in [1.82, 2.24) is 5.32 Å². The van der Waals surface area contributed by atoms with Crippen molar-refractivity contribution in [1.29, 1.82) is 0 Å². The molecule has 1 heterocycles. The van der Waals surface area contributed by atoms with Crippen LogP contribution in [0.25, 0.3) is 0 Å². The summed E-state index contributed by atoms with van der Waals surface area (Å²) in [6.07, 6.45) is 4.10. The van der Waals surface area contributed by atoms with Gasteiger partial charge in [-0.25, -0.2) is 0 Å². The van der Waals surface area contributed by atoms with Gasteiger partial charge in [-0.3, -0.25) is 0 Å². The molecule has 0 unspecified atom stereocenters. The molecule has 0 atom stereocenters. The molecule has 0 radical (unpaired) electrons. The lowest BCUT2D eigenvalue weighted by molar-refractivity contribution is -0.179. The van der Waals surface area contributed by atoms with Crippen LogP contribution in [0.1, 0.15) is 31.2 Å².